The van der Waals surface area contributed by atoms with E-state index in [1.807, 2.05) is 30.3 Å². The van der Waals surface area contributed by atoms with Crippen molar-refractivity contribution in [2.24, 2.45) is 0 Å². The fraction of sp³-hybridized carbons (Fsp3) is 0.308. The molecule has 2 aromatic heterocycles. The van der Waals surface area contributed by atoms with Crippen molar-refractivity contribution in [1.82, 2.24) is 15.1 Å². The number of carbonyl (C=O) groups excluding carboxylic acids is 1. The maximum Gasteiger partial charge on any atom is 0.193 e. The van der Waals surface area contributed by atoms with E-state index in [2.05, 4.69) is 10.4 Å². The topological polar surface area (TPSA) is 111 Å². The van der Waals surface area contributed by atoms with Crippen LogP contribution in [-0.4, -0.2) is 54.9 Å². The van der Waals surface area contributed by atoms with E-state index in [-0.39, 0.29) is 33.2 Å². The first-order chi connectivity index (χ1) is 17.8. The quantitative estimate of drug-likeness (QED) is 0.319. The van der Waals surface area contributed by atoms with Crippen LogP contribution in [-0.2, 0) is 38.1 Å². The number of carbonyl (C=O) groups is 1. The first-order valence-corrected chi connectivity index (χ1v) is 14.7. The van der Waals surface area contributed by atoms with Crippen molar-refractivity contribution in [3.05, 3.63) is 75.8 Å². The number of phenolic OH excluding ortho intramolecular Hbond substituents is 1. The summed E-state index contributed by atoms with van der Waals surface area (Å²) in [4.78, 5) is 12.5. The number of morpholine rings is 1. The van der Waals surface area contributed by atoms with E-state index in [0.717, 1.165) is 22.5 Å². The van der Waals surface area contributed by atoms with Gasteiger partial charge in [0.05, 0.1) is 46.7 Å². The molecule has 8 nitrogen and oxygen atoms in total. The van der Waals surface area contributed by atoms with Crippen molar-refractivity contribution in [3.63, 3.8) is 0 Å². The third kappa shape index (κ3) is 5.89. The standard InChI is InChI=1S/C26H26ClN3O5S2/c27-24-9-10-25(36-24)37(33,34)16-20-26-21(5-2-6-23(26)32)30(29-20)14-18-4-1-3-17(13-18)7-8-22(31)19-15-35-12-11-28-19/h1-6,9-10,13,19,28,32H,7-8,11-12,14-16H2. The molecule has 3 heterocycles. The van der Waals surface area contributed by atoms with Crippen molar-refractivity contribution < 1.29 is 23.1 Å². The Morgan fingerprint density at radius 2 is 2.00 bits per heavy atom. The Kier molecular flexibility index (Phi) is 7.64. The number of sulfone groups is 1. The number of phenols is 1. The Morgan fingerprint density at radius 3 is 2.76 bits per heavy atom. The predicted octanol–water partition coefficient (Wildman–Crippen LogP) is 3.97. The van der Waals surface area contributed by atoms with Gasteiger partial charge in [-0.2, -0.15) is 5.10 Å². The average Bonchev–Trinajstić information content (AvgIpc) is 3.48. The molecule has 0 spiro atoms. The smallest absolute Gasteiger partial charge is 0.193 e. The van der Waals surface area contributed by atoms with E-state index in [0.29, 0.717) is 54.4 Å². The lowest BCUT2D eigenvalue weighted by atomic mass is 10.0. The molecule has 194 valence electrons. The molecular formula is C26H26ClN3O5S2. The summed E-state index contributed by atoms with van der Waals surface area (Å²) in [5.74, 6) is -0.242. The number of hydrogen-bond acceptors (Lipinski definition) is 8. The van der Waals surface area contributed by atoms with Crippen molar-refractivity contribution in [1.29, 1.82) is 0 Å². The van der Waals surface area contributed by atoms with Crippen LogP contribution in [0, 0.1) is 0 Å². The Balaban J connectivity index is 1.36. The lowest BCUT2D eigenvalue weighted by Gasteiger charge is -2.22. The highest BCUT2D eigenvalue weighted by molar-refractivity contribution is 7.92. The highest BCUT2D eigenvalue weighted by Gasteiger charge is 2.24. The number of nitrogens with one attached hydrogen (secondary N) is 1. The normalized spacial score (nSPS) is 16.3. The molecule has 1 aliphatic rings. The lowest BCUT2D eigenvalue weighted by molar-refractivity contribution is -0.123. The molecule has 37 heavy (non-hydrogen) atoms. The lowest BCUT2D eigenvalue weighted by Crippen LogP contribution is -2.46. The Morgan fingerprint density at radius 1 is 1.19 bits per heavy atom. The largest absolute Gasteiger partial charge is 0.507 e. The third-order valence-corrected chi connectivity index (χ3v) is 9.74. The molecule has 1 unspecified atom stereocenters. The van der Waals surface area contributed by atoms with Crippen LogP contribution in [0.5, 0.6) is 5.75 Å². The number of nitrogens with zero attached hydrogens (tertiary/aromatic N) is 2. The number of Topliss-reactive ketones (excluding diaryl/α,β-unsaturated/α-hetero) is 1. The zero-order chi connectivity index (χ0) is 26.0. The van der Waals surface area contributed by atoms with E-state index in [1.165, 1.54) is 12.1 Å². The van der Waals surface area contributed by atoms with Crippen LogP contribution in [0.1, 0.15) is 23.2 Å². The maximum atomic E-state index is 13.0. The van der Waals surface area contributed by atoms with Gasteiger partial charge in [-0.05, 0) is 41.8 Å². The van der Waals surface area contributed by atoms with Crippen molar-refractivity contribution in [2.45, 2.75) is 35.4 Å². The number of aromatic nitrogens is 2. The molecular weight excluding hydrogens is 534 g/mol. The fourth-order valence-corrected chi connectivity index (χ4v) is 7.34. The van der Waals surface area contributed by atoms with Crippen molar-refractivity contribution >= 4 is 49.5 Å². The van der Waals surface area contributed by atoms with E-state index >= 15 is 0 Å². The summed E-state index contributed by atoms with van der Waals surface area (Å²) in [6.07, 6.45) is 1.02. The number of rotatable bonds is 9. The van der Waals surface area contributed by atoms with Gasteiger partial charge in [-0.15, -0.1) is 11.3 Å². The van der Waals surface area contributed by atoms with Crippen molar-refractivity contribution in [2.75, 3.05) is 19.8 Å². The molecule has 4 aromatic rings. The number of halogens is 1. The number of ketones is 1. The van der Waals surface area contributed by atoms with Gasteiger partial charge in [-0.1, -0.05) is 41.9 Å². The van der Waals surface area contributed by atoms with E-state index in [1.54, 1.807) is 16.8 Å². The van der Waals surface area contributed by atoms with Crippen LogP contribution in [0.4, 0.5) is 0 Å². The second kappa shape index (κ2) is 10.9. The van der Waals surface area contributed by atoms with Gasteiger partial charge >= 0.3 is 0 Å². The van der Waals surface area contributed by atoms with Crippen molar-refractivity contribution in [3.8, 4) is 5.75 Å². The minimum absolute atomic E-state index is 0.0225. The fourth-order valence-electron chi connectivity index (χ4n) is 4.50. The molecule has 1 fully saturated rings. The second-order valence-electron chi connectivity index (χ2n) is 8.96. The van der Waals surface area contributed by atoms with Gasteiger partial charge < -0.3 is 15.2 Å². The molecule has 0 amide bonds. The molecule has 11 heteroatoms. The molecule has 5 rings (SSSR count). The predicted molar refractivity (Wildman–Crippen MR) is 143 cm³/mol. The van der Waals surface area contributed by atoms with Gasteiger partial charge in [-0.25, -0.2) is 8.42 Å². The molecule has 0 radical (unpaired) electrons. The molecule has 0 bridgehead atoms. The van der Waals surface area contributed by atoms with E-state index in [4.69, 9.17) is 16.3 Å². The van der Waals surface area contributed by atoms with Gasteiger partial charge in [-0.3, -0.25) is 9.48 Å². The third-order valence-electron chi connectivity index (χ3n) is 6.30. The molecule has 1 atom stereocenters. The van der Waals surface area contributed by atoms with E-state index < -0.39 is 9.84 Å². The number of benzene rings is 2. The van der Waals surface area contributed by atoms with E-state index in [9.17, 15) is 18.3 Å². The van der Waals surface area contributed by atoms with Gasteiger partial charge in [0, 0.05) is 13.0 Å². The average molecular weight is 560 g/mol. The summed E-state index contributed by atoms with van der Waals surface area (Å²) >= 11 is 6.94. The Bertz CT molecular complexity index is 1540. The number of fused-ring (bicyclic) bond motifs is 1. The molecule has 1 aliphatic heterocycles. The molecule has 2 aromatic carbocycles. The maximum absolute atomic E-state index is 13.0. The Labute approximate surface area is 223 Å². The highest BCUT2D eigenvalue weighted by Crippen LogP contribution is 2.33. The van der Waals surface area contributed by atoms with Crippen LogP contribution in [0.15, 0.2) is 58.8 Å². The summed E-state index contributed by atoms with van der Waals surface area (Å²) in [6.45, 7) is 2.10. The van der Waals surface area contributed by atoms with Crippen LogP contribution < -0.4 is 5.32 Å². The Hall–Kier alpha value is -2.76. The summed E-state index contributed by atoms with van der Waals surface area (Å²) in [7, 11) is -3.69. The summed E-state index contributed by atoms with van der Waals surface area (Å²) in [5.41, 5.74) is 2.90. The number of ether oxygens (including phenoxy) is 1. The van der Waals surface area contributed by atoms with Gasteiger partial charge in [0.15, 0.2) is 15.6 Å². The number of thiophene rings is 1. The van der Waals surface area contributed by atoms with Gasteiger partial charge in [0.1, 0.15) is 15.7 Å². The molecule has 1 saturated heterocycles. The number of aryl methyl sites for hydroxylation is 1. The summed E-state index contributed by atoms with van der Waals surface area (Å²) in [6, 6.07) is 15.7. The monoisotopic (exact) mass is 559 g/mol. The van der Waals surface area contributed by atoms with Crippen LogP contribution in [0.3, 0.4) is 0 Å². The number of hydrogen-bond donors (Lipinski definition) is 2. The zero-order valence-electron chi connectivity index (χ0n) is 19.9. The summed E-state index contributed by atoms with van der Waals surface area (Å²) in [5, 5.41) is 18.8. The zero-order valence-corrected chi connectivity index (χ0v) is 22.3. The van der Waals surface area contributed by atoms with Gasteiger partial charge in [0.25, 0.3) is 0 Å². The molecule has 0 saturated carbocycles. The molecule has 0 aliphatic carbocycles. The van der Waals surface area contributed by atoms with Crippen LogP contribution >= 0.6 is 22.9 Å². The van der Waals surface area contributed by atoms with Crippen LogP contribution in [0.2, 0.25) is 4.34 Å². The first-order valence-electron chi connectivity index (χ1n) is 11.9. The minimum atomic E-state index is -3.69. The highest BCUT2D eigenvalue weighted by atomic mass is 35.5. The molecule has 2 N–H and O–H groups in total. The SMILES string of the molecule is O=C(CCc1cccc(Cn2nc(CS(=O)(=O)c3ccc(Cl)s3)c3c(O)cccc32)c1)C1COCCN1. The van der Waals surface area contributed by atoms with Gasteiger partial charge in [0.2, 0.25) is 0 Å². The first kappa shape index (κ1) is 25.9. The minimum Gasteiger partial charge on any atom is -0.507 e. The summed E-state index contributed by atoms with van der Waals surface area (Å²) < 4.78 is 33.7. The second-order valence-corrected chi connectivity index (χ2v) is 12.9. The number of aromatic hydroxyl groups is 1. The van der Waals surface area contributed by atoms with Crippen LogP contribution in [0.25, 0.3) is 10.9 Å².